The maximum atomic E-state index is 12.3. The number of quaternary nitrogens is 1. The predicted octanol–water partition coefficient (Wildman–Crippen LogP) is 0.504. The average molecular weight is 366 g/mol. The van der Waals surface area contributed by atoms with Gasteiger partial charge in [-0.2, -0.15) is 0 Å². The summed E-state index contributed by atoms with van der Waals surface area (Å²) in [5.74, 6) is -1.12. The van der Waals surface area contributed by atoms with Crippen molar-refractivity contribution in [3.63, 3.8) is 0 Å². The van der Waals surface area contributed by atoms with Gasteiger partial charge >= 0.3 is 0 Å². The SMILES string of the molecule is C[NH+](CCCNC(=O)CN1C(=O)c2ccccc2C1=O)Cc1ccccc1. The summed E-state index contributed by atoms with van der Waals surface area (Å²) in [5, 5.41) is 2.80. The molecule has 3 amide bonds. The molecule has 0 fully saturated rings. The number of carbonyl (C=O) groups excluding carboxylic acids is 3. The van der Waals surface area contributed by atoms with Gasteiger partial charge in [-0.1, -0.05) is 42.5 Å². The van der Waals surface area contributed by atoms with Gasteiger partial charge in [-0.3, -0.25) is 19.3 Å². The van der Waals surface area contributed by atoms with Crippen molar-refractivity contribution in [1.82, 2.24) is 10.2 Å². The number of hydrogen-bond donors (Lipinski definition) is 2. The summed E-state index contributed by atoms with van der Waals surface area (Å²) in [4.78, 5) is 39.0. The molecule has 1 unspecified atom stereocenters. The highest BCUT2D eigenvalue weighted by molar-refractivity contribution is 6.22. The fourth-order valence-electron chi connectivity index (χ4n) is 3.23. The van der Waals surface area contributed by atoms with Crippen LogP contribution in [0, 0.1) is 0 Å². The minimum absolute atomic E-state index is 0.237. The molecule has 1 atom stereocenters. The average Bonchev–Trinajstić information content (AvgIpc) is 2.91. The Morgan fingerprint density at radius 3 is 2.19 bits per heavy atom. The molecule has 0 bridgehead atoms. The first-order chi connectivity index (χ1) is 13.1. The Kier molecular flexibility index (Phi) is 5.98. The topological polar surface area (TPSA) is 70.9 Å². The summed E-state index contributed by atoms with van der Waals surface area (Å²) in [6.45, 7) is 2.14. The van der Waals surface area contributed by atoms with Gasteiger partial charge in [0.2, 0.25) is 5.91 Å². The predicted molar refractivity (Wildman–Crippen MR) is 101 cm³/mol. The van der Waals surface area contributed by atoms with Crippen molar-refractivity contribution in [2.75, 3.05) is 26.7 Å². The molecule has 2 aromatic carbocycles. The Morgan fingerprint density at radius 2 is 1.56 bits per heavy atom. The van der Waals surface area contributed by atoms with Gasteiger partial charge in [0.1, 0.15) is 13.1 Å². The lowest BCUT2D eigenvalue weighted by molar-refractivity contribution is -0.893. The van der Waals surface area contributed by atoms with Crippen molar-refractivity contribution >= 4 is 17.7 Å². The summed E-state index contributed by atoms with van der Waals surface area (Å²) < 4.78 is 0. The molecule has 3 rings (SSSR count). The van der Waals surface area contributed by atoms with Crippen LogP contribution in [0.5, 0.6) is 0 Å². The molecule has 2 aromatic rings. The van der Waals surface area contributed by atoms with E-state index in [0.29, 0.717) is 17.7 Å². The van der Waals surface area contributed by atoms with E-state index in [4.69, 9.17) is 0 Å². The van der Waals surface area contributed by atoms with Gasteiger partial charge in [-0.15, -0.1) is 0 Å². The molecule has 0 spiro atoms. The minimum atomic E-state index is -0.405. The number of benzene rings is 2. The Hall–Kier alpha value is -2.99. The molecule has 0 saturated carbocycles. The number of nitrogens with zero attached hydrogens (tertiary/aromatic N) is 1. The van der Waals surface area contributed by atoms with E-state index in [1.54, 1.807) is 24.3 Å². The maximum absolute atomic E-state index is 12.3. The van der Waals surface area contributed by atoms with Crippen molar-refractivity contribution < 1.29 is 19.3 Å². The molecule has 140 valence electrons. The monoisotopic (exact) mass is 366 g/mol. The van der Waals surface area contributed by atoms with E-state index in [1.165, 1.54) is 10.5 Å². The smallest absolute Gasteiger partial charge is 0.262 e. The van der Waals surface area contributed by atoms with Crippen LogP contribution in [0.15, 0.2) is 54.6 Å². The quantitative estimate of drug-likeness (QED) is 0.528. The molecule has 6 nitrogen and oxygen atoms in total. The van der Waals surface area contributed by atoms with Crippen LogP contribution < -0.4 is 10.2 Å². The largest absolute Gasteiger partial charge is 0.354 e. The number of amides is 3. The number of imide groups is 1. The van der Waals surface area contributed by atoms with Crippen molar-refractivity contribution in [1.29, 1.82) is 0 Å². The number of hydrogen-bond acceptors (Lipinski definition) is 3. The third kappa shape index (κ3) is 4.60. The van der Waals surface area contributed by atoms with Crippen LogP contribution >= 0.6 is 0 Å². The highest BCUT2D eigenvalue weighted by Crippen LogP contribution is 2.21. The first-order valence-corrected chi connectivity index (χ1v) is 9.13. The van der Waals surface area contributed by atoms with Gasteiger partial charge in [0.05, 0.1) is 24.7 Å². The number of rotatable bonds is 8. The normalized spacial score (nSPS) is 14.2. The summed E-state index contributed by atoms with van der Waals surface area (Å²) >= 11 is 0. The van der Waals surface area contributed by atoms with Gasteiger partial charge < -0.3 is 10.2 Å². The minimum Gasteiger partial charge on any atom is -0.354 e. The molecular formula is C21H24N3O3+. The Bertz CT molecular complexity index is 801. The van der Waals surface area contributed by atoms with Crippen LogP contribution in [-0.2, 0) is 11.3 Å². The van der Waals surface area contributed by atoms with E-state index in [-0.39, 0.29) is 12.5 Å². The van der Waals surface area contributed by atoms with Crippen LogP contribution in [0.3, 0.4) is 0 Å². The first kappa shape index (κ1) is 18.8. The van der Waals surface area contributed by atoms with E-state index in [0.717, 1.165) is 24.4 Å². The zero-order chi connectivity index (χ0) is 19.2. The molecule has 0 saturated heterocycles. The van der Waals surface area contributed by atoms with Gasteiger partial charge in [0.25, 0.3) is 11.8 Å². The zero-order valence-electron chi connectivity index (χ0n) is 15.4. The van der Waals surface area contributed by atoms with E-state index < -0.39 is 11.8 Å². The fourth-order valence-corrected chi connectivity index (χ4v) is 3.23. The van der Waals surface area contributed by atoms with Gasteiger partial charge in [-0.25, -0.2) is 0 Å². The molecule has 1 heterocycles. The molecule has 0 aliphatic carbocycles. The second kappa shape index (κ2) is 8.60. The maximum Gasteiger partial charge on any atom is 0.262 e. The molecule has 27 heavy (non-hydrogen) atoms. The molecule has 1 aliphatic heterocycles. The van der Waals surface area contributed by atoms with Gasteiger partial charge in [0.15, 0.2) is 0 Å². The van der Waals surface area contributed by atoms with Gasteiger partial charge in [-0.05, 0) is 12.1 Å². The molecule has 0 radical (unpaired) electrons. The summed E-state index contributed by atoms with van der Waals surface area (Å²) in [5.41, 5.74) is 2.01. The molecule has 1 aliphatic rings. The van der Waals surface area contributed by atoms with Crippen LogP contribution in [-0.4, -0.2) is 49.3 Å². The standard InChI is InChI=1S/C21H23N3O3/c1-23(14-16-8-3-2-4-9-16)13-7-12-22-19(25)15-24-20(26)17-10-5-6-11-18(17)21(24)27/h2-6,8-11H,7,12-15H2,1H3,(H,22,25)/p+1. The lowest BCUT2D eigenvalue weighted by Crippen LogP contribution is -3.07. The zero-order valence-corrected chi connectivity index (χ0v) is 15.4. The number of fused-ring (bicyclic) bond motifs is 1. The van der Waals surface area contributed by atoms with Crippen LogP contribution in [0.4, 0.5) is 0 Å². The van der Waals surface area contributed by atoms with E-state index >= 15 is 0 Å². The molecular weight excluding hydrogens is 342 g/mol. The highest BCUT2D eigenvalue weighted by Gasteiger charge is 2.36. The summed E-state index contributed by atoms with van der Waals surface area (Å²) in [6.07, 6.45) is 0.826. The number of carbonyl (C=O) groups is 3. The fraction of sp³-hybridized carbons (Fsp3) is 0.286. The highest BCUT2D eigenvalue weighted by atomic mass is 16.2. The van der Waals surface area contributed by atoms with Crippen molar-refractivity contribution in [2.24, 2.45) is 0 Å². The number of nitrogens with one attached hydrogen (secondary N) is 2. The van der Waals surface area contributed by atoms with Crippen molar-refractivity contribution in [3.05, 3.63) is 71.3 Å². The lowest BCUT2D eigenvalue weighted by Gasteiger charge is -2.15. The summed E-state index contributed by atoms with van der Waals surface area (Å²) in [7, 11) is 2.12. The lowest BCUT2D eigenvalue weighted by atomic mass is 10.1. The summed E-state index contributed by atoms with van der Waals surface area (Å²) in [6, 6.07) is 16.9. The van der Waals surface area contributed by atoms with Crippen molar-refractivity contribution in [3.8, 4) is 0 Å². The Balaban J connectivity index is 1.39. The molecule has 2 N–H and O–H groups in total. The van der Waals surface area contributed by atoms with Crippen molar-refractivity contribution in [2.45, 2.75) is 13.0 Å². The first-order valence-electron chi connectivity index (χ1n) is 9.13. The Morgan fingerprint density at radius 1 is 0.963 bits per heavy atom. The van der Waals surface area contributed by atoms with Gasteiger partial charge in [0, 0.05) is 18.5 Å². The van der Waals surface area contributed by atoms with Crippen LogP contribution in [0.1, 0.15) is 32.7 Å². The third-order valence-corrected chi connectivity index (χ3v) is 4.63. The molecule has 6 heteroatoms. The van der Waals surface area contributed by atoms with E-state index in [1.807, 2.05) is 18.2 Å². The molecule has 0 aromatic heterocycles. The second-order valence-electron chi connectivity index (χ2n) is 6.82. The van der Waals surface area contributed by atoms with E-state index in [9.17, 15) is 14.4 Å². The third-order valence-electron chi connectivity index (χ3n) is 4.63. The Labute approximate surface area is 158 Å². The van der Waals surface area contributed by atoms with E-state index in [2.05, 4.69) is 24.5 Å². The van der Waals surface area contributed by atoms with Crippen LogP contribution in [0.25, 0.3) is 0 Å². The van der Waals surface area contributed by atoms with Crippen LogP contribution in [0.2, 0.25) is 0 Å². The second-order valence-corrected chi connectivity index (χ2v) is 6.82.